The van der Waals surface area contributed by atoms with Crippen molar-refractivity contribution in [2.45, 2.75) is 25.3 Å². The van der Waals surface area contributed by atoms with Gasteiger partial charge in [0.05, 0.1) is 13.0 Å². The van der Waals surface area contributed by atoms with Gasteiger partial charge in [-0.2, -0.15) is 0 Å². The van der Waals surface area contributed by atoms with Gasteiger partial charge in [-0.15, -0.1) is 12.4 Å². The maximum absolute atomic E-state index is 12.7. The first-order valence-electron chi connectivity index (χ1n) is 6.58. The number of rotatable bonds is 5. The Morgan fingerprint density at radius 1 is 1.40 bits per heavy atom. The summed E-state index contributed by atoms with van der Waals surface area (Å²) >= 11 is 0. The highest BCUT2D eigenvalue weighted by atomic mass is 35.5. The summed E-state index contributed by atoms with van der Waals surface area (Å²) in [6, 6.07) is 5.96. The van der Waals surface area contributed by atoms with Crippen molar-refractivity contribution < 1.29 is 13.9 Å². The molecule has 1 aliphatic rings. The van der Waals surface area contributed by atoms with E-state index in [0.29, 0.717) is 25.3 Å². The van der Waals surface area contributed by atoms with Crippen molar-refractivity contribution in [3.8, 4) is 5.75 Å². The summed E-state index contributed by atoms with van der Waals surface area (Å²) in [6.07, 6.45) is 2.33. The van der Waals surface area contributed by atoms with Gasteiger partial charge in [0.15, 0.2) is 0 Å². The molecule has 1 fully saturated rings. The molecule has 1 amide bonds. The van der Waals surface area contributed by atoms with E-state index in [0.717, 1.165) is 19.4 Å². The summed E-state index contributed by atoms with van der Waals surface area (Å²) in [5.74, 6) is 0.354. The summed E-state index contributed by atoms with van der Waals surface area (Å²) in [5, 5.41) is 0. The molecule has 1 heterocycles. The maximum atomic E-state index is 12.7. The molecule has 0 aliphatic carbocycles. The quantitative estimate of drug-likeness (QED) is 0.904. The van der Waals surface area contributed by atoms with Crippen molar-refractivity contribution in [2.75, 3.05) is 19.7 Å². The van der Waals surface area contributed by atoms with Crippen LogP contribution < -0.4 is 10.5 Å². The summed E-state index contributed by atoms with van der Waals surface area (Å²) in [5.41, 5.74) is 5.64. The van der Waals surface area contributed by atoms with Crippen molar-refractivity contribution in [1.29, 1.82) is 0 Å². The van der Waals surface area contributed by atoms with E-state index in [-0.39, 0.29) is 30.2 Å². The van der Waals surface area contributed by atoms with E-state index in [2.05, 4.69) is 0 Å². The van der Waals surface area contributed by atoms with Crippen LogP contribution in [0.2, 0.25) is 0 Å². The molecule has 2 rings (SSSR count). The van der Waals surface area contributed by atoms with Crippen LogP contribution in [-0.4, -0.2) is 36.5 Å². The van der Waals surface area contributed by atoms with Crippen LogP contribution in [0.4, 0.5) is 4.39 Å². The molecule has 112 valence electrons. The fourth-order valence-electron chi connectivity index (χ4n) is 2.34. The van der Waals surface area contributed by atoms with Gasteiger partial charge in [0.2, 0.25) is 5.91 Å². The minimum atomic E-state index is -0.300. The number of nitrogens with zero attached hydrogens (tertiary/aromatic N) is 1. The van der Waals surface area contributed by atoms with Gasteiger partial charge >= 0.3 is 0 Å². The van der Waals surface area contributed by atoms with Gasteiger partial charge in [0, 0.05) is 19.1 Å². The van der Waals surface area contributed by atoms with Crippen LogP contribution >= 0.6 is 12.4 Å². The largest absolute Gasteiger partial charge is 0.493 e. The van der Waals surface area contributed by atoms with Gasteiger partial charge in [-0.1, -0.05) is 0 Å². The number of nitrogens with two attached hydrogens (primary N) is 1. The molecule has 1 aromatic rings. The number of likely N-dealkylation sites (tertiary alicyclic amines) is 1. The molecular formula is C14H20ClFN2O2. The molecule has 1 unspecified atom stereocenters. The molecule has 4 nitrogen and oxygen atoms in total. The maximum Gasteiger partial charge on any atom is 0.226 e. The zero-order valence-corrected chi connectivity index (χ0v) is 12.1. The smallest absolute Gasteiger partial charge is 0.226 e. The Hall–Kier alpha value is -1.33. The lowest BCUT2D eigenvalue weighted by atomic mass is 10.2. The van der Waals surface area contributed by atoms with E-state index in [9.17, 15) is 9.18 Å². The number of ether oxygens (including phenoxy) is 1. The van der Waals surface area contributed by atoms with Crippen molar-refractivity contribution in [3.63, 3.8) is 0 Å². The van der Waals surface area contributed by atoms with Gasteiger partial charge in [-0.25, -0.2) is 4.39 Å². The molecule has 0 spiro atoms. The number of hydrogen-bond donors (Lipinski definition) is 1. The number of hydrogen-bond acceptors (Lipinski definition) is 3. The Bertz CT molecular complexity index is 428. The Morgan fingerprint density at radius 2 is 2.10 bits per heavy atom. The molecule has 6 heteroatoms. The molecule has 1 atom stereocenters. The van der Waals surface area contributed by atoms with E-state index >= 15 is 0 Å². The second-order valence-corrected chi connectivity index (χ2v) is 4.67. The Kier molecular flexibility index (Phi) is 6.75. The number of carbonyl (C=O) groups excluding carboxylic acids is 1. The molecule has 0 bridgehead atoms. The fraction of sp³-hybridized carbons (Fsp3) is 0.500. The SMILES string of the molecule is Cl.NCC1CCCN1C(=O)CCOc1ccc(F)cc1. The minimum absolute atomic E-state index is 0. The molecule has 1 aromatic carbocycles. The highest BCUT2D eigenvalue weighted by Crippen LogP contribution is 2.17. The van der Waals surface area contributed by atoms with Gasteiger partial charge in [-0.05, 0) is 37.1 Å². The van der Waals surface area contributed by atoms with Gasteiger partial charge in [0.1, 0.15) is 11.6 Å². The second kappa shape index (κ2) is 8.07. The van der Waals surface area contributed by atoms with Crippen LogP contribution in [0.15, 0.2) is 24.3 Å². The van der Waals surface area contributed by atoms with Crippen molar-refractivity contribution in [1.82, 2.24) is 4.90 Å². The molecule has 20 heavy (non-hydrogen) atoms. The standard InChI is InChI=1S/C14H19FN2O2.ClH/c15-11-3-5-13(6-4-11)19-9-7-14(18)17-8-1-2-12(17)10-16;/h3-6,12H,1-2,7-10,16H2;1H. The first-order valence-corrected chi connectivity index (χ1v) is 6.58. The number of halogens is 2. The van der Waals surface area contributed by atoms with Gasteiger partial charge in [0.25, 0.3) is 0 Å². The first kappa shape index (κ1) is 16.7. The van der Waals surface area contributed by atoms with Crippen molar-refractivity contribution in [3.05, 3.63) is 30.1 Å². The summed E-state index contributed by atoms with van der Waals surface area (Å²) in [4.78, 5) is 13.8. The average molecular weight is 303 g/mol. The molecule has 1 aliphatic heterocycles. The molecule has 2 N–H and O–H groups in total. The van der Waals surface area contributed by atoms with Crippen LogP contribution in [0, 0.1) is 5.82 Å². The molecule has 0 radical (unpaired) electrons. The van der Waals surface area contributed by atoms with Crippen LogP contribution in [0.5, 0.6) is 5.75 Å². The Balaban J connectivity index is 0.00000200. The lowest BCUT2D eigenvalue weighted by molar-refractivity contribution is -0.132. The number of amides is 1. The van der Waals surface area contributed by atoms with Crippen LogP contribution in [-0.2, 0) is 4.79 Å². The Morgan fingerprint density at radius 3 is 2.75 bits per heavy atom. The monoisotopic (exact) mass is 302 g/mol. The summed E-state index contributed by atoms with van der Waals surface area (Å²) in [6.45, 7) is 1.61. The molecule has 0 aromatic heterocycles. The number of benzene rings is 1. The van der Waals surface area contributed by atoms with E-state index in [4.69, 9.17) is 10.5 Å². The van der Waals surface area contributed by atoms with E-state index in [1.807, 2.05) is 4.90 Å². The predicted molar refractivity (Wildman–Crippen MR) is 77.5 cm³/mol. The lowest BCUT2D eigenvalue weighted by Crippen LogP contribution is -2.40. The molecule has 0 saturated carbocycles. The highest BCUT2D eigenvalue weighted by molar-refractivity contribution is 5.85. The van der Waals surface area contributed by atoms with Crippen LogP contribution in [0.3, 0.4) is 0 Å². The highest BCUT2D eigenvalue weighted by Gasteiger charge is 2.26. The van der Waals surface area contributed by atoms with Gasteiger partial charge in [-0.3, -0.25) is 4.79 Å². The third-order valence-corrected chi connectivity index (χ3v) is 3.37. The third-order valence-electron chi connectivity index (χ3n) is 3.37. The zero-order valence-electron chi connectivity index (χ0n) is 11.3. The fourth-order valence-corrected chi connectivity index (χ4v) is 2.34. The topological polar surface area (TPSA) is 55.6 Å². The van der Waals surface area contributed by atoms with E-state index < -0.39 is 0 Å². The number of carbonyl (C=O) groups is 1. The summed E-state index contributed by atoms with van der Waals surface area (Å²) < 4.78 is 18.1. The van der Waals surface area contributed by atoms with Crippen LogP contribution in [0.1, 0.15) is 19.3 Å². The zero-order chi connectivity index (χ0) is 13.7. The molecule has 1 saturated heterocycles. The van der Waals surface area contributed by atoms with Gasteiger partial charge < -0.3 is 15.4 Å². The average Bonchev–Trinajstić information content (AvgIpc) is 2.89. The van der Waals surface area contributed by atoms with E-state index in [1.54, 1.807) is 12.1 Å². The predicted octanol–water partition coefficient (Wildman–Crippen LogP) is 1.97. The van der Waals surface area contributed by atoms with E-state index in [1.165, 1.54) is 12.1 Å². The van der Waals surface area contributed by atoms with Crippen molar-refractivity contribution in [2.24, 2.45) is 5.73 Å². The molecular weight excluding hydrogens is 283 g/mol. The summed E-state index contributed by atoms with van der Waals surface area (Å²) in [7, 11) is 0. The minimum Gasteiger partial charge on any atom is -0.493 e. The lowest BCUT2D eigenvalue weighted by Gasteiger charge is -2.23. The van der Waals surface area contributed by atoms with Crippen molar-refractivity contribution >= 4 is 18.3 Å². The first-order chi connectivity index (χ1) is 9.20. The normalized spacial score (nSPS) is 17.7. The Labute approximate surface area is 124 Å². The second-order valence-electron chi connectivity index (χ2n) is 4.67. The van der Waals surface area contributed by atoms with Crippen LogP contribution in [0.25, 0.3) is 0 Å². The third kappa shape index (κ3) is 4.35.